The lowest BCUT2D eigenvalue weighted by molar-refractivity contribution is 0.0934. The van der Waals surface area contributed by atoms with Gasteiger partial charge in [0.05, 0.1) is 5.51 Å². The summed E-state index contributed by atoms with van der Waals surface area (Å²) in [6.07, 6.45) is 1.85. The van der Waals surface area contributed by atoms with Gasteiger partial charge in [-0.15, -0.1) is 11.3 Å². The molecule has 3 rings (SSSR count). The van der Waals surface area contributed by atoms with E-state index in [1.807, 2.05) is 12.1 Å². The number of nitrogens with zero attached hydrogens (tertiary/aromatic N) is 1. The van der Waals surface area contributed by atoms with Gasteiger partial charge < -0.3 is 5.32 Å². The van der Waals surface area contributed by atoms with Crippen molar-refractivity contribution in [3.8, 4) is 0 Å². The average Bonchev–Trinajstić information content (AvgIpc) is 2.97. The third-order valence-electron chi connectivity index (χ3n) is 3.05. The number of carbonyl (C=O) groups excluding carboxylic acids is 1. The Morgan fingerprint density at radius 1 is 1.29 bits per heavy atom. The fourth-order valence-electron chi connectivity index (χ4n) is 2.24. The van der Waals surface area contributed by atoms with Crippen LogP contribution in [0, 0.1) is 0 Å². The van der Waals surface area contributed by atoms with Crippen molar-refractivity contribution in [1.82, 2.24) is 10.3 Å². The van der Waals surface area contributed by atoms with Crippen LogP contribution < -0.4 is 5.32 Å². The highest BCUT2D eigenvalue weighted by atomic mass is 32.1. The predicted molar refractivity (Wildman–Crippen MR) is 67.2 cm³/mol. The van der Waals surface area contributed by atoms with Gasteiger partial charge in [0.25, 0.3) is 5.91 Å². The first-order valence-electron chi connectivity index (χ1n) is 5.59. The summed E-state index contributed by atoms with van der Waals surface area (Å²) in [5, 5.41) is 4.81. The number of thiazole rings is 1. The Labute approximate surface area is 104 Å². The van der Waals surface area contributed by atoms with Crippen molar-refractivity contribution in [3.63, 3.8) is 0 Å². The van der Waals surface area contributed by atoms with Crippen LogP contribution in [-0.2, 0) is 12.8 Å². The molecule has 0 bridgehead atoms. The van der Waals surface area contributed by atoms with Gasteiger partial charge in [-0.05, 0) is 24.0 Å². The third kappa shape index (κ3) is 2.08. The molecule has 1 aliphatic rings. The first-order chi connectivity index (χ1) is 8.33. The highest BCUT2D eigenvalue weighted by Crippen LogP contribution is 2.21. The van der Waals surface area contributed by atoms with Gasteiger partial charge in [0, 0.05) is 11.4 Å². The topological polar surface area (TPSA) is 42.0 Å². The lowest BCUT2D eigenvalue weighted by atomic mass is 10.1. The Morgan fingerprint density at radius 3 is 2.59 bits per heavy atom. The molecule has 17 heavy (non-hydrogen) atoms. The smallest absolute Gasteiger partial charge is 0.270 e. The highest BCUT2D eigenvalue weighted by Gasteiger charge is 2.23. The Morgan fingerprint density at radius 2 is 2.00 bits per heavy atom. The molecule has 0 spiro atoms. The second-order valence-electron chi connectivity index (χ2n) is 4.22. The zero-order valence-electron chi connectivity index (χ0n) is 9.22. The van der Waals surface area contributed by atoms with E-state index in [-0.39, 0.29) is 11.9 Å². The van der Waals surface area contributed by atoms with E-state index >= 15 is 0 Å². The molecule has 1 heterocycles. The molecule has 1 aromatic carbocycles. The predicted octanol–water partition coefficient (Wildman–Crippen LogP) is 2.04. The average molecular weight is 244 g/mol. The maximum absolute atomic E-state index is 11.8. The maximum Gasteiger partial charge on any atom is 0.270 e. The molecule has 0 saturated heterocycles. The zero-order valence-corrected chi connectivity index (χ0v) is 10.0. The van der Waals surface area contributed by atoms with Crippen LogP contribution in [0.15, 0.2) is 35.2 Å². The lowest BCUT2D eigenvalue weighted by Crippen LogP contribution is -2.35. The Hall–Kier alpha value is -1.68. The van der Waals surface area contributed by atoms with Crippen molar-refractivity contribution >= 4 is 17.2 Å². The van der Waals surface area contributed by atoms with E-state index in [1.54, 1.807) is 10.9 Å². The van der Waals surface area contributed by atoms with E-state index in [0.717, 1.165) is 12.8 Å². The summed E-state index contributed by atoms with van der Waals surface area (Å²) < 4.78 is 0. The quantitative estimate of drug-likeness (QED) is 0.878. The van der Waals surface area contributed by atoms with Crippen LogP contribution in [0.4, 0.5) is 0 Å². The zero-order chi connectivity index (χ0) is 11.7. The van der Waals surface area contributed by atoms with Gasteiger partial charge in [0.1, 0.15) is 5.69 Å². The van der Waals surface area contributed by atoms with Crippen molar-refractivity contribution in [3.05, 3.63) is 52.0 Å². The van der Waals surface area contributed by atoms with Crippen LogP contribution in [0.1, 0.15) is 21.6 Å². The van der Waals surface area contributed by atoms with Crippen molar-refractivity contribution in [2.75, 3.05) is 0 Å². The van der Waals surface area contributed by atoms with Gasteiger partial charge in [-0.2, -0.15) is 0 Å². The molecule has 0 saturated carbocycles. The molecule has 86 valence electrons. The molecule has 0 atom stereocenters. The number of hydrogen-bond acceptors (Lipinski definition) is 3. The van der Waals surface area contributed by atoms with E-state index in [9.17, 15) is 4.79 Å². The van der Waals surface area contributed by atoms with Gasteiger partial charge in [-0.25, -0.2) is 4.98 Å². The second kappa shape index (κ2) is 4.30. The number of aromatic nitrogens is 1. The first kappa shape index (κ1) is 10.5. The van der Waals surface area contributed by atoms with Crippen LogP contribution in [0.2, 0.25) is 0 Å². The molecule has 4 heteroatoms. The number of amides is 1. The SMILES string of the molecule is O=C(NC1Cc2ccccc2C1)c1cscn1. The first-order valence-corrected chi connectivity index (χ1v) is 6.53. The summed E-state index contributed by atoms with van der Waals surface area (Å²) in [7, 11) is 0. The summed E-state index contributed by atoms with van der Waals surface area (Å²) in [6.45, 7) is 0. The number of benzene rings is 1. The molecule has 0 aliphatic heterocycles. The summed E-state index contributed by atoms with van der Waals surface area (Å²) >= 11 is 1.44. The molecule has 1 N–H and O–H groups in total. The van der Waals surface area contributed by atoms with Gasteiger partial charge in [0.15, 0.2) is 0 Å². The van der Waals surface area contributed by atoms with Crippen LogP contribution in [0.3, 0.4) is 0 Å². The summed E-state index contributed by atoms with van der Waals surface area (Å²) in [5.74, 6) is -0.0657. The second-order valence-corrected chi connectivity index (χ2v) is 4.94. The van der Waals surface area contributed by atoms with E-state index in [2.05, 4.69) is 22.4 Å². The summed E-state index contributed by atoms with van der Waals surface area (Å²) in [4.78, 5) is 15.9. The number of carbonyl (C=O) groups is 1. The number of rotatable bonds is 2. The molecule has 2 aromatic rings. The van der Waals surface area contributed by atoms with Gasteiger partial charge in [0.2, 0.25) is 0 Å². The van der Waals surface area contributed by atoms with Crippen molar-refractivity contribution in [2.24, 2.45) is 0 Å². The van der Waals surface area contributed by atoms with E-state index in [4.69, 9.17) is 0 Å². The third-order valence-corrected chi connectivity index (χ3v) is 3.64. The van der Waals surface area contributed by atoms with Gasteiger partial charge in [-0.1, -0.05) is 24.3 Å². The molecular formula is C13H12N2OS. The van der Waals surface area contributed by atoms with Crippen molar-refractivity contribution < 1.29 is 4.79 Å². The maximum atomic E-state index is 11.8. The van der Waals surface area contributed by atoms with Gasteiger partial charge in [-0.3, -0.25) is 4.79 Å². The molecule has 3 nitrogen and oxygen atoms in total. The van der Waals surface area contributed by atoms with Crippen molar-refractivity contribution in [2.45, 2.75) is 18.9 Å². The van der Waals surface area contributed by atoms with Crippen LogP contribution in [-0.4, -0.2) is 16.9 Å². The van der Waals surface area contributed by atoms with Crippen LogP contribution in [0.5, 0.6) is 0 Å². The normalized spacial score (nSPS) is 14.6. The minimum absolute atomic E-state index is 0.0657. The highest BCUT2D eigenvalue weighted by molar-refractivity contribution is 7.07. The van der Waals surface area contributed by atoms with Crippen molar-refractivity contribution in [1.29, 1.82) is 0 Å². The molecule has 1 aromatic heterocycles. The summed E-state index contributed by atoms with van der Waals surface area (Å²) in [6, 6.07) is 8.56. The minimum Gasteiger partial charge on any atom is -0.347 e. The molecule has 0 unspecified atom stereocenters. The molecule has 0 radical (unpaired) electrons. The number of fused-ring (bicyclic) bond motifs is 1. The Kier molecular flexibility index (Phi) is 2.65. The molecule has 0 fully saturated rings. The molecular weight excluding hydrogens is 232 g/mol. The monoisotopic (exact) mass is 244 g/mol. The van der Waals surface area contributed by atoms with E-state index < -0.39 is 0 Å². The molecule has 1 amide bonds. The van der Waals surface area contributed by atoms with Crippen LogP contribution >= 0.6 is 11.3 Å². The largest absolute Gasteiger partial charge is 0.347 e. The fourth-order valence-corrected chi connectivity index (χ4v) is 2.78. The standard InChI is InChI=1S/C13H12N2OS/c16-13(12-7-17-8-14-12)15-11-5-9-3-1-2-4-10(9)6-11/h1-4,7-8,11H,5-6H2,(H,15,16). The lowest BCUT2D eigenvalue weighted by Gasteiger charge is -2.10. The molecule has 1 aliphatic carbocycles. The van der Waals surface area contributed by atoms with E-state index in [0.29, 0.717) is 5.69 Å². The number of hydrogen-bond donors (Lipinski definition) is 1. The van der Waals surface area contributed by atoms with Crippen LogP contribution in [0.25, 0.3) is 0 Å². The number of nitrogens with one attached hydrogen (secondary N) is 1. The Bertz CT molecular complexity index is 511. The van der Waals surface area contributed by atoms with E-state index in [1.165, 1.54) is 22.5 Å². The Balaban J connectivity index is 1.68. The minimum atomic E-state index is -0.0657. The fraction of sp³-hybridized carbons (Fsp3) is 0.231. The summed E-state index contributed by atoms with van der Waals surface area (Å²) in [5.41, 5.74) is 4.89. The van der Waals surface area contributed by atoms with Gasteiger partial charge >= 0.3 is 0 Å².